The first-order chi connectivity index (χ1) is 13.5. The van der Waals surface area contributed by atoms with Gasteiger partial charge >= 0.3 is 0 Å². The summed E-state index contributed by atoms with van der Waals surface area (Å²) >= 11 is 0. The molecule has 1 aromatic heterocycles. The zero-order chi connectivity index (χ0) is 20.1. The molecule has 29 heavy (non-hydrogen) atoms. The van der Waals surface area contributed by atoms with Crippen molar-refractivity contribution in [2.45, 2.75) is 39.3 Å². The van der Waals surface area contributed by atoms with E-state index in [9.17, 15) is 0 Å². The Labute approximate surface area is 190 Å². The van der Waals surface area contributed by atoms with E-state index in [1.807, 2.05) is 37.8 Å². The van der Waals surface area contributed by atoms with Gasteiger partial charge in [0.05, 0.1) is 12.8 Å². The molecule has 0 bridgehead atoms. The summed E-state index contributed by atoms with van der Waals surface area (Å²) in [6.45, 7) is 6.87. The highest BCUT2D eigenvalue weighted by Crippen LogP contribution is 2.24. The minimum atomic E-state index is 0. The minimum absolute atomic E-state index is 0. The minimum Gasteiger partial charge on any atom is -0.497 e. The normalized spacial score (nSPS) is 16.9. The summed E-state index contributed by atoms with van der Waals surface area (Å²) in [6, 6.07) is 8.62. The van der Waals surface area contributed by atoms with E-state index in [-0.39, 0.29) is 24.0 Å². The van der Waals surface area contributed by atoms with Crippen molar-refractivity contribution in [1.29, 1.82) is 0 Å². The van der Waals surface area contributed by atoms with Gasteiger partial charge in [-0.3, -0.25) is 9.67 Å². The van der Waals surface area contributed by atoms with Gasteiger partial charge in [0.15, 0.2) is 5.96 Å². The van der Waals surface area contributed by atoms with Crippen LogP contribution in [0.25, 0.3) is 0 Å². The number of piperidine rings is 1. The molecule has 0 radical (unpaired) electrons. The van der Waals surface area contributed by atoms with Crippen LogP contribution in [0.1, 0.15) is 29.8 Å². The van der Waals surface area contributed by atoms with E-state index in [0.717, 1.165) is 49.9 Å². The lowest BCUT2D eigenvalue weighted by molar-refractivity contribution is 0.414. The number of benzene rings is 1. The van der Waals surface area contributed by atoms with Crippen molar-refractivity contribution in [2.24, 2.45) is 12.0 Å². The third-order valence-corrected chi connectivity index (χ3v) is 5.50. The summed E-state index contributed by atoms with van der Waals surface area (Å²) in [7, 11) is 5.51. The third-order valence-electron chi connectivity index (χ3n) is 5.50. The Morgan fingerprint density at radius 2 is 2.14 bits per heavy atom. The number of guanidine groups is 1. The van der Waals surface area contributed by atoms with Crippen molar-refractivity contribution >= 4 is 35.6 Å². The number of halogens is 1. The van der Waals surface area contributed by atoms with Gasteiger partial charge in [-0.05, 0) is 38.8 Å². The fourth-order valence-corrected chi connectivity index (χ4v) is 3.77. The Morgan fingerprint density at radius 3 is 2.79 bits per heavy atom. The second kappa shape index (κ2) is 10.7. The summed E-state index contributed by atoms with van der Waals surface area (Å²) in [4.78, 5) is 6.83. The number of rotatable bonds is 5. The second-order valence-electron chi connectivity index (χ2n) is 7.33. The molecule has 2 N–H and O–H groups in total. The largest absolute Gasteiger partial charge is 0.497 e. The Balaban J connectivity index is 0.00000300. The lowest BCUT2D eigenvalue weighted by Gasteiger charge is -2.35. The maximum Gasteiger partial charge on any atom is 0.191 e. The van der Waals surface area contributed by atoms with Crippen LogP contribution in [0.3, 0.4) is 0 Å². The van der Waals surface area contributed by atoms with Gasteiger partial charge in [0.1, 0.15) is 5.75 Å². The SMILES string of the molecule is CN=C(NCc1c(C)nn(C)c1C)NC1CCCN(c2cccc(OC)c2)C1.I. The van der Waals surface area contributed by atoms with Crippen LogP contribution in [-0.2, 0) is 13.6 Å². The van der Waals surface area contributed by atoms with Gasteiger partial charge in [0.25, 0.3) is 0 Å². The van der Waals surface area contributed by atoms with Crippen molar-refractivity contribution in [3.8, 4) is 5.75 Å². The Morgan fingerprint density at radius 1 is 1.34 bits per heavy atom. The molecule has 8 heteroatoms. The lowest BCUT2D eigenvalue weighted by atomic mass is 10.0. The molecule has 1 aromatic carbocycles. The van der Waals surface area contributed by atoms with E-state index >= 15 is 0 Å². The predicted octanol–water partition coefficient (Wildman–Crippen LogP) is 3.00. The van der Waals surface area contributed by atoms with Crippen LogP contribution in [0.5, 0.6) is 5.75 Å². The molecule has 7 nitrogen and oxygen atoms in total. The van der Waals surface area contributed by atoms with Crippen LogP contribution in [0.15, 0.2) is 29.3 Å². The molecule has 1 aliphatic rings. The number of nitrogens with zero attached hydrogens (tertiary/aromatic N) is 4. The zero-order valence-corrected chi connectivity index (χ0v) is 20.4. The Bertz CT molecular complexity index is 835. The third kappa shape index (κ3) is 5.77. The van der Waals surface area contributed by atoms with E-state index in [4.69, 9.17) is 4.74 Å². The first-order valence-electron chi connectivity index (χ1n) is 9.87. The van der Waals surface area contributed by atoms with E-state index in [1.165, 1.54) is 16.9 Å². The molecule has 3 rings (SSSR count). The van der Waals surface area contributed by atoms with Crippen LogP contribution < -0.4 is 20.3 Å². The van der Waals surface area contributed by atoms with Crippen molar-refractivity contribution in [2.75, 3.05) is 32.1 Å². The van der Waals surface area contributed by atoms with Crippen LogP contribution in [0.4, 0.5) is 5.69 Å². The topological polar surface area (TPSA) is 66.7 Å². The van der Waals surface area contributed by atoms with E-state index in [1.54, 1.807) is 7.11 Å². The maximum atomic E-state index is 5.37. The fraction of sp³-hybridized carbons (Fsp3) is 0.524. The predicted molar refractivity (Wildman–Crippen MR) is 130 cm³/mol. The van der Waals surface area contributed by atoms with Crippen LogP contribution in [0, 0.1) is 13.8 Å². The molecule has 1 atom stereocenters. The number of hydrogen-bond acceptors (Lipinski definition) is 4. The molecule has 0 amide bonds. The average Bonchev–Trinajstić information content (AvgIpc) is 2.96. The van der Waals surface area contributed by atoms with Crippen molar-refractivity contribution in [3.05, 3.63) is 41.2 Å². The van der Waals surface area contributed by atoms with Crippen LogP contribution in [-0.4, -0.2) is 49.0 Å². The number of aliphatic imine (C=N–C) groups is 1. The summed E-state index contributed by atoms with van der Waals surface area (Å²) in [5, 5.41) is 11.5. The standard InChI is InChI=1S/C21H32N6O.HI/c1-15-20(16(2)26(4)25-15)13-23-21(22-3)24-17-8-7-11-27(14-17)18-9-6-10-19(12-18)28-5;/h6,9-10,12,17H,7-8,11,13-14H2,1-5H3,(H2,22,23,24);1H. The van der Waals surface area contributed by atoms with Gasteiger partial charge in [-0.1, -0.05) is 6.07 Å². The highest BCUT2D eigenvalue weighted by molar-refractivity contribution is 14.0. The number of nitrogens with one attached hydrogen (secondary N) is 2. The van der Waals surface area contributed by atoms with Gasteiger partial charge in [0, 0.05) is 62.8 Å². The molecule has 1 saturated heterocycles. The number of hydrogen-bond donors (Lipinski definition) is 2. The first kappa shape index (κ1) is 23.3. The first-order valence-corrected chi connectivity index (χ1v) is 9.87. The molecular formula is C21H33IN6O. The summed E-state index contributed by atoms with van der Waals surface area (Å²) in [5.41, 5.74) is 4.68. The Hall–Kier alpha value is -1.97. The maximum absolute atomic E-state index is 5.37. The molecule has 1 aliphatic heterocycles. The second-order valence-corrected chi connectivity index (χ2v) is 7.33. The number of aryl methyl sites for hydroxylation is 2. The smallest absolute Gasteiger partial charge is 0.191 e. The van der Waals surface area contributed by atoms with Crippen LogP contribution in [0.2, 0.25) is 0 Å². The molecule has 1 unspecified atom stereocenters. The number of ether oxygens (including phenoxy) is 1. The van der Waals surface area contributed by atoms with Gasteiger partial charge in [0.2, 0.25) is 0 Å². The highest BCUT2D eigenvalue weighted by Gasteiger charge is 2.21. The zero-order valence-electron chi connectivity index (χ0n) is 18.0. The molecule has 160 valence electrons. The van der Waals surface area contributed by atoms with E-state index < -0.39 is 0 Å². The lowest BCUT2D eigenvalue weighted by Crippen LogP contribution is -2.51. The molecule has 2 aromatic rings. The van der Waals surface area contributed by atoms with Gasteiger partial charge in [-0.25, -0.2) is 0 Å². The van der Waals surface area contributed by atoms with Crippen molar-refractivity contribution < 1.29 is 4.74 Å². The van der Waals surface area contributed by atoms with Gasteiger partial charge in [-0.2, -0.15) is 5.10 Å². The molecule has 0 spiro atoms. The summed E-state index contributed by atoms with van der Waals surface area (Å²) in [5.74, 6) is 1.73. The molecule has 2 heterocycles. The summed E-state index contributed by atoms with van der Waals surface area (Å²) in [6.07, 6.45) is 2.28. The number of anilines is 1. The van der Waals surface area contributed by atoms with Crippen molar-refractivity contribution in [1.82, 2.24) is 20.4 Å². The average molecular weight is 512 g/mol. The Kier molecular flexibility index (Phi) is 8.60. The monoisotopic (exact) mass is 512 g/mol. The van der Waals surface area contributed by atoms with Gasteiger partial charge in [-0.15, -0.1) is 24.0 Å². The van der Waals surface area contributed by atoms with Crippen molar-refractivity contribution in [3.63, 3.8) is 0 Å². The van der Waals surface area contributed by atoms with Gasteiger partial charge < -0.3 is 20.3 Å². The molecule has 0 aliphatic carbocycles. The fourth-order valence-electron chi connectivity index (χ4n) is 3.77. The number of methoxy groups -OCH3 is 1. The quantitative estimate of drug-likeness (QED) is 0.367. The number of aromatic nitrogens is 2. The van der Waals surface area contributed by atoms with E-state index in [0.29, 0.717) is 6.04 Å². The summed E-state index contributed by atoms with van der Waals surface area (Å²) < 4.78 is 7.30. The van der Waals surface area contributed by atoms with E-state index in [2.05, 4.69) is 44.7 Å². The highest BCUT2D eigenvalue weighted by atomic mass is 127. The molecular weight excluding hydrogens is 479 g/mol. The molecule has 1 fully saturated rings. The van der Waals surface area contributed by atoms with Crippen LogP contribution >= 0.6 is 24.0 Å². The molecule has 0 saturated carbocycles.